The molecule has 0 bridgehead atoms. The molecule has 1 aromatic heterocycles. The molecule has 0 spiro atoms. The average Bonchev–Trinajstić information content (AvgIpc) is 3.26. The summed E-state index contributed by atoms with van der Waals surface area (Å²) in [7, 11) is 0. The minimum absolute atomic E-state index is 0. The van der Waals surface area contributed by atoms with Gasteiger partial charge in [-0.05, 0) is 44.0 Å². The molecule has 32 heavy (non-hydrogen) atoms. The van der Waals surface area contributed by atoms with E-state index in [-0.39, 0.29) is 42.1 Å². The second kappa shape index (κ2) is 13.0. The van der Waals surface area contributed by atoms with Crippen LogP contribution in [0.4, 0.5) is 13.2 Å². The second-order valence-electron chi connectivity index (χ2n) is 8.18. The Morgan fingerprint density at radius 1 is 1.12 bits per heavy atom. The smallest absolute Gasteiger partial charge is 0.419 e. The van der Waals surface area contributed by atoms with E-state index in [9.17, 15) is 13.2 Å². The number of hydrogen-bond acceptors (Lipinski definition) is 5. The standard InChI is InChI=1S/C23H32F3N3O2.ClH/c1-2-3-4-5-6-7-8-14-30-20-12-11-17(15-19(20)23(24,25)26)21-28-22(31-29-21)18-10-9-13-27-16-18;/h11-12,15,18,27H,2-10,13-14,16H2,1H3;1H. The maximum absolute atomic E-state index is 13.6. The topological polar surface area (TPSA) is 60.2 Å². The van der Waals surface area contributed by atoms with E-state index in [1.54, 1.807) is 6.07 Å². The highest BCUT2D eigenvalue weighted by Gasteiger charge is 2.35. The van der Waals surface area contributed by atoms with Gasteiger partial charge in [0.15, 0.2) is 0 Å². The zero-order valence-electron chi connectivity index (χ0n) is 18.5. The van der Waals surface area contributed by atoms with Crippen LogP contribution in [-0.4, -0.2) is 29.8 Å². The Bertz CT molecular complexity index is 808. The highest BCUT2D eigenvalue weighted by Crippen LogP contribution is 2.38. The van der Waals surface area contributed by atoms with Gasteiger partial charge in [0.25, 0.3) is 0 Å². The fourth-order valence-corrected chi connectivity index (χ4v) is 3.84. The Hall–Kier alpha value is -1.80. The molecule has 1 N–H and O–H groups in total. The number of halogens is 4. The maximum atomic E-state index is 13.6. The van der Waals surface area contributed by atoms with Gasteiger partial charge >= 0.3 is 6.18 Å². The Morgan fingerprint density at radius 2 is 1.88 bits per heavy atom. The van der Waals surface area contributed by atoms with E-state index < -0.39 is 11.7 Å². The lowest BCUT2D eigenvalue weighted by atomic mass is 10.00. The number of rotatable bonds is 11. The Balaban J connectivity index is 0.00000363. The van der Waals surface area contributed by atoms with Gasteiger partial charge in [-0.2, -0.15) is 18.2 Å². The van der Waals surface area contributed by atoms with Crippen molar-refractivity contribution in [2.45, 2.75) is 76.8 Å². The van der Waals surface area contributed by atoms with E-state index in [2.05, 4.69) is 22.4 Å². The van der Waals surface area contributed by atoms with E-state index in [0.717, 1.165) is 51.3 Å². The van der Waals surface area contributed by atoms with Crippen molar-refractivity contribution in [1.82, 2.24) is 15.5 Å². The summed E-state index contributed by atoms with van der Waals surface area (Å²) in [5.74, 6) is 0.587. The summed E-state index contributed by atoms with van der Waals surface area (Å²) in [6, 6.07) is 3.97. The summed E-state index contributed by atoms with van der Waals surface area (Å²) in [5.41, 5.74) is -0.534. The molecule has 0 amide bonds. The van der Waals surface area contributed by atoms with Gasteiger partial charge in [-0.3, -0.25) is 0 Å². The third-order valence-electron chi connectivity index (χ3n) is 5.64. The molecule has 9 heteroatoms. The molecule has 5 nitrogen and oxygen atoms in total. The fraction of sp³-hybridized carbons (Fsp3) is 0.652. The summed E-state index contributed by atoms with van der Waals surface area (Å²) in [4.78, 5) is 4.35. The first-order valence-corrected chi connectivity index (χ1v) is 11.4. The molecule has 1 atom stereocenters. The van der Waals surface area contributed by atoms with E-state index in [0.29, 0.717) is 5.89 Å². The molecule has 1 fully saturated rings. The monoisotopic (exact) mass is 475 g/mol. The van der Waals surface area contributed by atoms with Crippen LogP contribution < -0.4 is 10.1 Å². The van der Waals surface area contributed by atoms with Gasteiger partial charge in [-0.25, -0.2) is 0 Å². The van der Waals surface area contributed by atoms with Crippen molar-refractivity contribution in [1.29, 1.82) is 0 Å². The summed E-state index contributed by atoms with van der Waals surface area (Å²) >= 11 is 0. The van der Waals surface area contributed by atoms with Gasteiger partial charge < -0.3 is 14.6 Å². The molecule has 0 saturated carbocycles. The number of nitrogens with one attached hydrogen (secondary N) is 1. The predicted molar refractivity (Wildman–Crippen MR) is 120 cm³/mol. The van der Waals surface area contributed by atoms with E-state index in [1.807, 2.05) is 0 Å². The van der Waals surface area contributed by atoms with Gasteiger partial charge in [0.05, 0.1) is 18.1 Å². The summed E-state index contributed by atoms with van der Waals surface area (Å²) in [6.45, 7) is 4.13. The van der Waals surface area contributed by atoms with Crippen LogP contribution in [0.25, 0.3) is 11.4 Å². The quantitative estimate of drug-likeness (QED) is 0.363. The van der Waals surface area contributed by atoms with E-state index in [1.165, 1.54) is 31.7 Å². The highest BCUT2D eigenvalue weighted by molar-refractivity contribution is 5.85. The van der Waals surface area contributed by atoms with Crippen molar-refractivity contribution in [3.8, 4) is 17.1 Å². The van der Waals surface area contributed by atoms with Crippen LogP contribution in [0.1, 0.15) is 82.1 Å². The van der Waals surface area contributed by atoms with E-state index in [4.69, 9.17) is 9.26 Å². The molecule has 1 unspecified atom stereocenters. The lowest BCUT2D eigenvalue weighted by Crippen LogP contribution is -2.28. The Labute approximate surface area is 193 Å². The minimum Gasteiger partial charge on any atom is -0.493 e. The molecule has 1 aliphatic heterocycles. The minimum atomic E-state index is -4.52. The van der Waals surface area contributed by atoms with Crippen LogP contribution in [0.15, 0.2) is 22.7 Å². The number of benzene rings is 1. The number of nitrogens with zero attached hydrogens (tertiary/aromatic N) is 2. The van der Waals surface area contributed by atoms with Crippen molar-refractivity contribution in [3.63, 3.8) is 0 Å². The van der Waals surface area contributed by atoms with E-state index >= 15 is 0 Å². The van der Waals surface area contributed by atoms with Gasteiger partial charge in [-0.15, -0.1) is 12.4 Å². The largest absolute Gasteiger partial charge is 0.493 e. The van der Waals surface area contributed by atoms with Gasteiger partial charge in [0, 0.05) is 12.1 Å². The molecule has 2 heterocycles. The molecule has 3 rings (SSSR count). The number of unbranched alkanes of at least 4 members (excludes halogenated alkanes) is 6. The third kappa shape index (κ3) is 7.66. The van der Waals surface area contributed by atoms with Crippen molar-refractivity contribution in [3.05, 3.63) is 29.7 Å². The van der Waals surface area contributed by atoms with Crippen LogP contribution in [-0.2, 0) is 6.18 Å². The van der Waals surface area contributed by atoms with Crippen LogP contribution >= 0.6 is 12.4 Å². The lowest BCUT2D eigenvalue weighted by Gasteiger charge is -2.18. The van der Waals surface area contributed by atoms with Gasteiger partial charge in [-0.1, -0.05) is 50.6 Å². The number of alkyl halides is 3. The second-order valence-corrected chi connectivity index (χ2v) is 8.18. The zero-order valence-corrected chi connectivity index (χ0v) is 19.4. The molecule has 1 saturated heterocycles. The zero-order chi connectivity index (χ0) is 22.1. The molecule has 2 aromatic rings. The molecular formula is C23H33ClF3N3O2. The first kappa shape index (κ1) is 26.5. The predicted octanol–water partition coefficient (Wildman–Crippen LogP) is 6.77. The highest BCUT2D eigenvalue weighted by atomic mass is 35.5. The molecule has 0 radical (unpaired) electrons. The van der Waals surface area contributed by atoms with Gasteiger partial charge in [0.2, 0.25) is 11.7 Å². The van der Waals surface area contributed by atoms with Crippen molar-refractivity contribution >= 4 is 12.4 Å². The van der Waals surface area contributed by atoms with Crippen LogP contribution in [0.5, 0.6) is 5.75 Å². The lowest BCUT2D eigenvalue weighted by molar-refractivity contribution is -0.138. The number of hydrogen-bond donors (Lipinski definition) is 1. The maximum Gasteiger partial charge on any atom is 0.419 e. The fourth-order valence-electron chi connectivity index (χ4n) is 3.84. The van der Waals surface area contributed by atoms with Crippen molar-refractivity contribution < 1.29 is 22.4 Å². The first-order chi connectivity index (χ1) is 15.0. The molecule has 0 aliphatic carbocycles. The average molecular weight is 476 g/mol. The van der Waals surface area contributed by atoms with Crippen molar-refractivity contribution in [2.75, 3.05) is 19.7 Å². The third-order valence-corrected chi connectivity index (χ3v) is 5.64. The normalized spacial score (nSPS) is 16.6. The summed E-state index contributed by atoms with van der Waals surface area (Å²) in [6.07, 6.45) is 5.01. The first-order valence-electron chi connectivity index (χ1n) is 11.4. The summed E-state index contributed by atoms with van der Waals surface area (Å²) in [5, 5.41) is 7.18. The number of piperidine rings is 1. The molecule has 1 aromatic carbocycles. The van der Waals surface area contributed by atoms with Crippen LogP contribution in [0.3, 0.4) is 0 Å². The molecule has 1 aliphatic rings. The van der Waals surface area contributed by atoms with Crippen LogP contribution in [0, 0.1) is 0 Å². The molecule has 180 valence electrons. The molecular weight excluding hydrogens is 443 g/mol. The van der Waals surface area contributed by atoms with Crippen LogP contribution in [0.2, 0.25) is 0 Å². The Morgan fingerprint density at radius 3 is 2.56 bits per heavy atom. The summed E-state index contributed by atoms with van der Waals surface area (Å²) < 4.78 is 51.7. The Kier molecular flexibility index (Phi) is 10.8. The number of ether oxygens (including phenoxy) is 1. The SMILES string of the molecule is CCCCCCCCCOc1ccc(-c2noc(C3CCCNC3)n2)cc1C(F)(F)F.Cl. The number of aromatic nitrogens is 2. The van der Waals surface area contributed by atoms with Gasteiger partial charge in [0.1, 0.15) is 5.75 Å². The van der Waals surface area contributed by atoms with Crippen molar-refractivity contribution in [2.24, 2.45) is 0 Å².